The van der Waals surface area contributed by atoms with E-state index < -0.39 is 0 Å². The zero-order valence-electron chi connectivity index (χ0n) is 8.48. The quantitative estimate of drug-likeness (QED) is 0.386. The highest BCUT2D eigenvalue weighted by Crippen LogP contribution is 2.21. The van der Waals surface area contributed by atoms with Gasteiger partial charge in [-0.25, -0.2) is 0 Å². The first kappa shape index (κ1) is 10.5. The molecule has 0 atom stereocenters. The van der Waals surface area contributed by atoms with Crippen molar-refractivity contribution in [1.82, 2.24) is 0 Å². The van der Waals surface area contributed by atoms with Crippen molar-refractivity contribution in [3.05, 3.63) is 60.7 Å². The maximum absolute atomic E-state index is 2.24. The van der Waals surface area contributed by atoms with E-state index in [1.807, 2.05) is 0 Å². The summed E-state index contributed by atoms with van der Waals surface area (Å²) in [7, 11) is 0. The molecule has 3 aromatic carbocycles. The number of fused-ring (bicyclic) bond motifs is 2. The molecule has 0 aliphatic heterocycles. The number of hydrogen-bond acceptors (Lipinski definition) is 0. The van der Waals surface area contributed by atoms with Gasteiger partial charge in [0.05, 0.1) is 0 Å². The van der Waals surface area contributed by atoms with Crippen LogP contribution in [0.15, 0.2) is 60.7 Å². The van der Waals surface area contributed by atoms with Crippen molar-refractivity contribution in [3.8, 4) is 0 Å². The fourth-order valence-electron chi connectivity index (χ4n) is 1.88. The standard InChI is InChI=1S/C14H10.Mg/c1-2-6-12-10-14-8-4-3-7-13(14)9-11(12)5-1;/h1-10H;. The summed E-state index contributed by atoms with van der Waals surface area (Å²) in [5.41, 5.74) is 0. The van der Waals surface area contributed by atoms with E-state index in [1.54, 1.807) is 0 Å². The van der Waals surface area contributed by atoms with Gasteiger partial charge in [0.2, 0.25) is 0 Å². The Morgan fingerprint density at radius 3 is 1.00 bits per heavy atom. The van der Waals surface area contributed by atoms with Crippen LogP contribution in [0, 0.1) is 0 Å². The Morgan fingerprint density at radius 1 is 0.467 bits per heavy atom. The van der Waals surface area contributed by atoms with E-state index >= 15 is 0 Å². The predicted molar refractivity (Wildman–Crippen MR) is 67.2 cm³/mol. The van der Waals surface area contributed by atoms with Crippen molar-refractivity contribution >= 4 is 44.6 Å². The first-order valence-electron chi connectivity index (χ1n) is 4.81. The van der Waals surface area contributed by atoms with Crippen LogP contribution in [0.5, 0.6) is 0 Å². The Morgan fingerprint density at radius 2 is 0.733 bits per heavy atom. The highest BCUT2D eigenvalue weighted by Gasteiger charge is 1.95. The molecule has 2 radical (unpaired) electrons. The van der Waals surface area contributed by atoms with Crippen LogP contribution >= 0.6 is 0 Å². The summed E-state index contributed by atoms with van der Waals surface area (Å²) < 4.78 is 0. The number of rotatable bonds is 0. The topological polar surface area (TPSA) is 0 Å². The van der Waals surface area contributed by atoms with Gasteiger partial charge >= 0.3 is 0 Å². The highest BCUT2D eigenvalue weighted by molar-refractivity contribution is 5.98. The fraction of sp³-hybridized carbons (Fsp3) is 0. The van der Waals surface area contributed by atoms with Crippen LogP contribution < -0.4 is 0 Å². The Hall–Kier alpha value is -1.05. The van der Waals surface area contributed by atoms with Gasteiger partial charge in [-0.2, -0.15) is 0 Å². The second-order valence-electron chi connectivity index (χ2n) is 3.55. The van der Waals surface area contributed by atoms with Gasteiger partial charge in [-0.3, -0.25) is 0 Å². The third kappa shape index (κ3) is 1.85. The second kappa shape index (κ2) is 4.21. The normalized spacial score (nSPS) is 10.1. The van der Waals surface area contributed by atoms with Gasteiger partial charge in [0.1, 0.15) is 0 Å². The lowest BCUT2D eigenvalue weighted by molar-refractivity contribution is 1.76. The van der Waals surface area contributed by atoms with Crippen molar-refractivity contribution in [2.24, 2.45) is 0 Å². The van der Waals surface area contributed by atoms with Crippen LogP contribution in [0.1, 0.15) is 0 Å². The van der Waals surface area contributed by atoms with E-state index in [0.29, 0.717) is 0 Å². The summed E-state index contributed by atoms with van der Waals surface area (Å²) in [6.45, 7) is 0. The molecule has 0 N–H and O–H groups in total. The lowest BCUT2D eigenvalue weighted by atomic mass is 10.0. The Balaban J connectivity index is 0.000000853. The maximum Gasteiger partial charge on any atom is 0 e. The molecule has 0 heterocycles. The van der Waals surface area contributed by atoms with E-state index in [4.69, 9.17) is 0 Å². The Labute approximate surface area is 105 Å². The summed E-state index contributed by atoms with van der Waals surface area (Å²) in [4.78, 5) is 0. The Kier molecular flexibility index (Phi) is 2.94. The van der Waals surface area contributed by atoms with Gasteiger partial charge in [-0.15, -0.1) is 0 Å². The first-order valence-corrected chi connectivity index (χ1v) is 4.81. The molecule has 0 aromatic heterocycles. The minimum atomic E-state index is 0. The molecule has 0 amide bonds. The van der Waals surface area contributed by atoms with Gasteiger partial charge in [0, 0.05) is 23.1 Å². The van der Waals surface area contributed by atoms with Gasteiger partial charge < -0.3 is 0 Å². The van der Waals surface area contributed by atoms with Crippen molar-refractivity contribution < 1.29 is 0 Å². The van der Waals surface area contributed by atoms with Crippen LogP contribution in [0.4, 0.5) is 0 Å². The minimum absolute atomic E-state index is 0. The molecule has 0 unspecified atom stereocenters. The van der Waals surface area contributed by atoms with E-state index in [2.05, 4.69) is 60.7 Å². The molecular formula is C14H10Mg. The molecule has 3 aromatic rings. The van der Waals surface area contributed by atoms with Gasteiger partial charge in [0.15, 0.2) is 0 Å². The summed E-state index contributed by atoms with van der Waals surface area (Å²) in [6, 6.07) is 21.4. The lowest BCUT2D eigenvalue weighted by Crippen LogP contribution is -1.74. The number of hydrogen-bond donors (Lipinski definition) is 0. The molecule has 0 fully saturated rings. The molecule has 0 bridgehead atoms. The smallest absolute Gasteiger partial charge is 0 e. The van der Waals surface area contributed by atoms with Crippen molar-refractivity contribution in [2.75, 3.05) is 0 Å². The fourth-order valence-corrected chi connectivity index (χ4v) is 1.88. The van der Waals surface area contributed by atoms with Crippen molar-refractivity contribution in [2.45, 2.75) is 0 Å². The average Bonchev–Trinajstić information content (AvgIpc) is 2.26. The maximum atomic E-state index is 2.24. The van der Waals surface area contributed by atoms with E-state index in [0.717, 1.165) is 0 Å². The summed E-state index contributed by atoms with van der Waals surface area (Å²) in [5, 5.41) is 5.25. The monoisotopic (exact) mass is 202 g/mol. The van der Waals surface area contributed by atoms with Crippen LogP contribution in [-0.4, -0.2) is 23.1 Å². The van der Waals surface area contributed by atoms with Gasteiger partial charge in [0.25, 0.3) is 0 Å². The number of benzene rings is 3. The van der Waals surface area contributed by atoms with E-state index in [9.17, 15) is 0 Å². The summed E-state index contributed by atoms with van der Waals surface area (Å²) in [5.74, 6) is 0. The molecule has 68 valence electrons. The molecule has 0 nitrogen and oxygen atoms in total. The van der Waals surface area contributed by atoms with Crippen LogP contribution in [0.25, 0.3) is 21.5 Å². The molecule has 0 aliphatic carbocycles. The van der Waals surface area contributed by atoms with Crippen molar-refractivity contribution in [3.63, 3.8) is 0 Å². The zero-order valence-corrected chi connectivity index (χ0v) is 9.89. The van der Waals surface area contributed by atoms with Crippen LogP contribution in [-0.2, 0) is 0 Å². The van der Waals surface area contributed by atoms with Crippen molar-refractivity contribution in [1.29, 1.82) is 0 Å². The first-order chi connectivity index (χ1) is 6.93. The van der Waals surface area contributed by atoms with E-state index in [1.165, 1.54) is 21.5 Å². The lowest BCUT2D eigenvalue weighted by Gasteiger charge is -2.00. The minimum Gasteiger partial charge on any atom is -0.0616 e. The SMILES string of the molecule is [Mg].c1ccc2cc3ccccc3cc2c1. The molecule has 1 heteroatoms. The average molecular weight is 203 g/mol. The summed E-state index contributed by atoms with van der Waals surface area (Å²) >= 11 is 0. The van der Waals surface area contributed by atoms with Crippen LogP contribution in [0.3, 0.4) is 0 Å². The van der Waals surface area contributed by atoms with E-state index in [-0.39, 0.29) is 23.1 Å². The largest absolute Gasteiger partial charge is 0.0616 e. The third-order valence-corrected chi connectivity index (χ3v) is 2.61. The third-order valence-electron chi connectivity index (χ3n) is 2.61. The Bertz CT molecular complexity index is 494. The van der Waals surface area contributed by atoms with Gasteiger partial charge in [-0.05, 0) is 33.7 Å². The predicted octanol–water partition coefficient (Wildman–Crippen LogP) is 3.61. The highest BCUT2D eigenvalue weighted by atomic mass is 24.3. The molecule has 3 rings (SSSR count). The molecule has 0 spiro atoms. The summed E-state index contributed by atoms with van der Waals surface area (Å²) in [6.07, 6.45) is 0. The molecule has 0 saturated heterocycles. The second-order valence-corrected chi connectivity index (χ2v) is 3.55. The molecular weight excluding hydrogens is 192 g/mol. The molecule has 15 heavy (non-hydrogen) atoms. The zero-order chi connectivity index (χ0) is 9.38. The van der Waals surface area contributed by atoms with Crippen LogP contribution in [0.2, 0.25) is 0 Å². The molecule has 0 saturated carbocycles. The molecule has 0 aliphatic rings. The van der Waals surface area contributed by atoms with Gasteiger partial charge in [-0.1, -0.05) is 48.5 Å².